The van der Waals surface area contributed by atoms with Gasteiger partial charge in [-0.15, -0.1) is 0 Å². The van der Waals surface area contributed by atoms with E-state index in [9.17, 15) is 18.0 Å². The number of esters is 1. The van der Waals surface area contributed by atoms with Crippen LogP contribution in [0.4, 0.5) is 5.69 Å². The van der Waals surface area contributed by atoms with Gasteiger partial charge in [-0.25, -0.2) is 8.42 Å². The number of rotatable bonds is 8. The molecule has 172 valence electrons. The molecule has 2 aromatic carbocycles. The summed E-state index contributed by atoms with van der Waals surface area (Å²) in [6.07, 6.45) is 0.854. The molecule has 3 rings (SSSR count). The molecule has 1 heterocycles. The third kappa shape index (κ3) is 5.20. The van der Waals surface area contributed by atoms with Gasteiger partial charge in [0, 0.05) is 12.6 Å². The first-order valence-corrected chi connectivity index (χ1v) is 11.5. The SMILES string of the molecule is COc1ccc(OC)c(NC(=O)COC(=O)[C@@H]2CCCN2S(=O)(=O)c2ccc(C)cc2)c1. The number of ether oxygens (including phenoxy) is 3. The molecular weight excluding hydrogens is 436 g/mol. The van der Waals surface area contributed by atoms with Crippen molar-refractivity contribution in [1.82, 2.24) is 4.31 Å². The summed E-state index contributed by atoms with van der Waals surface area (Å²) in [5.74, 6) is -0.417. The minimum atomic E-state index is -3.85. The van der Waals surface area contributed by atoms with Crippen molar-refractivity contribution in [2.45, 2.75) is 30.7 Å². The van der Waals surface area contributed by atoms with E-state index in [1.807, 2.05) is 6.92 Å². The quantitative estimate of drug-likeness (QED) is 0.600. The van der Waals surface area contributed by atoms with Gasteiger partial charge >= 0.3 is 5.97 Å². The second-order valence-electron chi connectivity index (χ2n) is 7.31. The van der Waals surface area contributed by atoms with Crippen molar-refractivity contribution in [3.05, 3.63) is 48.0 Å². The Labute approximate surface area is 187 Å². The van der Waals surface area contributed by atoms with Gasteiger partial charge in [0.2, 0.25) is 10.0 Å². The van der Waals surface area contributed by atoms with Crippen molar-refractivity contribution in [3.8, 4) is 11.5 Å². The number of anilines is 1. The average molecular weight is 463 g/mol. The lowest BCUT2D eigenvalue weighted by Gasteiger charge is -2.22. The Morgan fingerprint density at radius 3 is 2.47 bits per heavy atom. The summed E-state index contributed by atoms with van der Waals surface area (Å²) < 4.78 is 42.6. The van der Waals surface area contributed by atoms with Crippen molar-refractivity contribution in [2.75, 3.05) is 32.7 Å². The first-order chi connectivity index (χ1) is 15.3. The predicted octanol–water partition coefficient (Wildman–Crippen LogP) is 2.35. The number of amides is 1. The van der Waals surface area contributed by atoms with Crippen LogP contribution >= 0.6 is 0 Å². The van der Waals surface area contributed by atoms with E-state index >= 15 is 0 Å². The van der Waals surface area contributed by atoms with E-state index in [2.05, 4.69) is 5.32 Å². The highest BCUT2D eigenvalue weighted by molar-refractivity contribution is 7.89. The van der Waals surface area contributed by atoms with Crippen LogP contribution in [0.1, 0.15) is 18.4 Å². The van der Waals surface area contributed by atoms with Crippen LogP contribution in [0.15, 0.2) is 47.4 Å². The molecule has 1 N–H and O–H groups in total. The number of nitrogens with zero attached hydrogens (tertiary/aromatic N) is 1. The van der Waals surface area contributed by atoms with Crippen molar-refractivity contribution < 1.29 is 32.2 Å². The zero-order valence-corrected chi connectivity index (χ0v) is 19.0. The molecule has 2 aromatic rings. The van der Waals surface area contributed by atoms with Crippen LogP contribution in [0.5, 0.6) is 11.5 Å². The second-order valence-corrected chi connectivity index (χ2v) is 9.20. The lowest BCUT2D eigenvalue weighted by atomic mass is 10.2. The lowest BCUT2D eigenvalue weighted by molar-refractivity contribution is -0.150. The molecular formula is C22H26N2O7S. The standard InChI is InChI=1S/C22H26N2O7S/c1-15-6-9-17(10-7-15)32(27,28)24-12-4-5-19(24)22(26)31-14-21(25)23-18-13-16(29-2)8-11-20(18)30-3/h6-11,13,19H,4-5,12,14H2,1-3H3,(H,23,25)/t19-/m0/s1. The average Bonchev–Trinajstić information content (AvgIpc) is 3.29. The number of sulfonamides is 1. The van der Waals surface area contributed by atoms with Gasteiger partial charge in [0.15, 0.2) is 6.61 Å². The van der Waals surface area contributed by atoms with Crippen molar-refractivity contribution in [1.29, 1.82) is 0 Å². The van der Waals surface area contributed by atoms with E-state index in [0.29, 0.717) is 30.0 Å². The molecule has 0 bridgehead atoms. The molecule has 32 heavy (non-hydrogen) atoms. The maximum Gasteiger partial charge on any atom is 0.324 e. The molecule has 0 unspecified atom stereocenters. The molecule has 9 nitrogen and oxygen atoms in total. The van der Waals surface area contributed by atoms with Crippen LogP contribution in [-0.2, 0) is 24.3 Å². The summed E-state index contributed by atoms with van der Waals surface area (Å²) in [4.78, 5) is 25.0. The van der Waals surface area contributed by atoms with Gasteiger partial charge in [-0.1, -0.05) is 17.7 Å². The third-order valence-corrected chi connectivity index (χ3v) is 7.05. The molecule has 0 aliphatic carbocycles. The van der Waals surface area contributed by atoms with Crippen LogP contribution in [0, 0.1) is 6.92 Å². The summed E-state index contributed by atoms with van der Waals surface area (Å²) >= 11 is 0. The molecule has 10 heteroatoms. The minimum absolute atomic E-state index is 0.116. The number of methoxy groups -OCH3 is 2. The van der Waals surface area contributed by atoms with Gasteiger partial charge < -0.3 is 19.5 Å². The van der Waals surface area contributed by atoms with Crippen molar-refractivity contribution in [3.63, 3.8) is 0 Å². The zero-order valence-electron chi connectivity index (χ0n) is 18.2. The molecule has 1 amide bonds. The number of carbonyl (C=O) groups excluding carboxylic acids is 2. The Morgan fingerprint density at radius 1 is 1.09 bits per heavy atom. The summed E-state index contributed by atoms with van der Waals surface area (Å²) in [5, 5.41) is 2.60. The Morgan fingerprint density at radius 2 is 1.81 bits per heavy atom. The maximum absolute atomic E-state index is 13.0. The van der Waals surface area contributed by atoms with Gasteiger partial charge in [0.1, 0.15) is 17.5 Å². The molecule has 0 saturated carbocycles. The largest absolute Gasteiger partial charge is 0.497 e. The van der Waals surface area contributed by atoms with Gasteiger partial charge in [0.25, 0.3) is 5.91 Å². The van der Waals surface area contributed by atoms with E-state index in [1.54, 1.807) is 30.3 Å². The van der Waals surface area contributed by atoms with Crippen LogP contribution in [-0.4, -0.2) is 58.0 Å². The minimum Gasteiger partial charge on any atom is -0.497 e. The first-order valence-electron chi connectivity index (χ1n) is 10.0. The van der Waals surface area contributed by atoms with E-state index < -0.39 is 34.5 Å². The normalized spacial score (nSPS) is 16.4. The monoisotopic (exact) mass is 462 g/mol. The summed E-state index contributed by atoms with van der Waals surface area (Å²) in [5.41, 5.74) is 1.29. The van der Waals surface area contributed by atoms with Crippen molar-refractivity contribution >= 4 is 27.6 Å². The number of nitrogens with one attached hydrogen (secondary N) is 1. The highest BCUT2D eigenvalue weighted by atomic mass is 32.2. The smallest absolute Gasteiger partial charge is 0.324 e. The zero-order chi connectivity index (χ0) is 23.3. The summed E-state index contributed by atoms with van der Waals surface area (Å²) in [6, 6.07) is 10.3. The van der Waals surface area contributed by atoms with E-state index in [4.69, 9.17) is 14.2 Å². The van der Waals surface area contributed by atoms with Crippen LogP contribution in [0.3, 0.4) is 0 Å². The number of benzene rings is 2. The van der Waals surface area contributed by atoms with Gasteiger partial charge in [-0.2, -0.15) is 4.31 Å². The fourth-order valence-electron chi connectivity index (χ4n) is 3.44. The van der Waals surface area contributed by atoms with E-state index in [1.165, 1.54) is 26.4 Å². The number of carbonyl (C=O) groups is 2. The van der Waals surface area contributed by atoms with Gasteiger partial charge in [-0.3, -0.25) is 9.59 Å². The Bertz CT molecular complexity index is 1080. The fourth-order valence-corrected chi connectivity index (χ4v) is 5.09. The van der Waals surface area contributed by atoms with Crippen LogP contribution in [0.2, 0.25) is 0 Å². The number of hydrogen-bond donors (Lipinski definition) is 1. The van der Waals surface area contributed by atoms with Gasteiger partial charge in [-0.05, 0) is 44.0 Å². The lowest BCUT2D eigenvalue weighted by Crippen LogP contribution is -2.42. The Kier molecular flexibility index (Phi) is 7.37. The molecule has 1 aliphatic heterocycles. The third-order valence-electron chi connectivity index (χ3n) is 5.13. The van der Waals surface area contributed by atoms with Crippen LogP contribution < -0.4 is 14.8 Å². The topological polar surface area (TPSA) is 111 Å². The summed E-state index contributed by atoms with van der Waals surface area (Å²) in [7, 11) is -0.900. The highest BCUT2D eigenvalue weighted by Gasteiger charge is 2.40. The molecule has 1 atom stereocenters. The molecule has 1 saturated heterocycles. The van der Waals surface area contributed by atoms with E-state index in [-0.39, 0.29) is 11.4 Å². The maximum atomic E-state index is 13.0. The van der Waals surface area contributed by atoms with Gasteiger partial charge in [0.05, 0.1) is 24.8 Å². The first kappa shape index (κ1) is 23.6. The highest BCUT2D eigenvalue weighted by Crippen LogP contribution is 2.29. The van der Waals surface area contributed by atoms with Crippen LogP contribution in [0.25, 0.3) is 0 Å². The predicted molar refractivity (Wildman–Crippen MR) is 117 cm³/mol. The Balaban J connectivity index is 1.64. The molecule has 0 radical (unpaired) electrons. The molecule has 1 fully saturated rings. The van der Waals surface area contributed by atoms with E-state index in [0.717, 1.165) is 9.87 Å². The molecule has 1 aliphatic rings. The molecule has 0 aromatic heterocycles. The Hall–Kier alpha value is -3.11. The number of aryl methyl sites for hydroxylation is 1. The number of hydrogen-bond acceptors (Lipinski definition) is 7. The summed E-state index contributed by atoms with van der Waals surface area (Å²) in [6.45, 7) is 1.51. The second kappa shape index (κ2) is 10.0. The fraction of sp³-hybridized carbons (Fsp3) is 0.364. The molecule has 0 spiro atoms. The van der Waals surface area contributed by atoms with Crippen molar-refractivity contribution in [2.24, 2.45) is 0 Å².